The Balaban J connectivity index is 0.931. The molecule has 2 nitrogen and oxygen atoms in total. The van der Waals surface area contributed by atoms with Crippen molar-refractivity contribution >= 4 is 0 Å². The second-order valence-electron chi connectivity index (χ2n) is 17.0. The molecule has 0 heterocycles. The van der Waals surface area contributed by atoms with Crippen molar-refractivity contribution in [2.75, 3.05) is 0 Å². The van der Waals surface area contributed by atoms with Gasteiger partial charge in [0.1, 0.15) is 11.5 Å². The maximum atomic E-state index is 12.8. The van der Waals surface area contributed by atoms with Gasteiger partial charge < -0.3 is 9.47 Å². The van der Waals surface area contributed by atoms with Crippen LogP contribution in [0.4, 0.5) is 26.3 Å². The van der Waals surface area contributed by atoms with E-state index in [0.717, 1.165) is 57.3 Å². The van der Waals surface area contributed by atoms with Gasteiger partial charge in [0.25, 0.3) is 0 Å². The van der Waals surface area contributed by atoms with Crippen LogP contribution in [0.5, 0.6) is 11.5 Å². The molecule has 0 saturated heterocycles. The van der Waals surface area contributed by atoms with E-state index < -0.39 is 12.7 Å². The van der Waals surface area contributed by atoms with Crippen LogP contribution in [0.2, 0.25) is 0 Å². The molecule has 0 amide bonds. The van der Waals surface area contributed by atoms with E-state index in [0.29, 0.717) is 11.1 Å². The lowest BCUT2D eigenvalue weighted by Crippen LogP contribution is -2.18. The number of aryl methyl sites for hydroxylation is 2. The summed E-state index contributed by atoms with van der Waals surface area (Å²) in [7, 11) is 0. The first-order valence-corrected chi connectivity index (χ1v) is 21.9. The molecule has 8 heteroatoms. The monoisotopic (exact) mass is 864 g/mol. The topological polar surface area (TPSA) is 18.5 Å². The molecule has 0 aromatic heterocycles. The normalized spacial score (nSPS) is 11.9. The number of ether oxygens (including phenoxy) is 2. The third-order valence-electron chi connectivity index (χ3n) is 13.1. The van der Waals surface area contributed by atoms with Gasteiger partial charge in [0.15, 0.2) is 0 Å². The lowest BCUT2D eigenvalue weighted by Gasteiger charge is -2.17. The van der Waals surface area contributed by atoms with E-state index in [-0.39, 0.29) is 11.5 Å². The summed E-state index contributed by atoms with van der Waals surface area (Å²) in [4.78, 5) is 0. The Morgan fingerprint density at radius 2 is 0.556 bits per heavy atom. The van der Waals surface area contributed by atoms with E-state index in [2.05, 4.69) is 85.7 Å². The first kappa shape index (κ1) is 47.0. The summed E-state index contributed by atoms with van der Waals surface area (Å²) in [6, 6.07) is 31.6. The molecular formula is C55H58F6O2. The number of hydrogen-bond donors (Lipinski definition) is 0. The smallest absolute Gasteiger partial charge is 0.406 e. The Labute approximate surface area is 369 Å². The van der Waals surface area contributed by atoms with Crippen LogP contribution in [-0.2, 0) is 12.8 Å². The zero-order valence-electron chi connectivity index (χ0n) is 37.7. The molecule has 0 unspecified atom stereocenters. The molecule has 0 N–H and O–H groups in total. The number of rotatable bonds is 16. The minimum Gasteiger partial charge on any atom is -0.406 e. The van der Waals surface area contributed by atoms with Gasteiger partial charge in [-0.25, -0.2) is 0 Å². The molecule has 0 saturated carbocycles. The summed E-state index contributed by atoms with van der Waals surface area (Å²) in [5.41, 5.74) is 18.7. The Morgan fingerprint density at radius 1 is 0.302 bits per heavy atom. The SMILES string of the molecule is Cc1c(CCCCCCCCCc2ccc(-c3ccc(-c4ccc(OC(F)(F)F)c(C)c4C)cc3)c(C)c2C)ccc(-c2ccc(-c3ccc(OC(F)(F)F)c(C)c3C)cc2)c1C. The molecular weight excluding hydrogens is 807 g/mol. The van der Waals surface area contributed by atoms with Crippen LogP contribution in [0.15, 0.2) is 97.1 Å². The van der Waals surface area contributed by atoms with Crippen molar-refractivity contribution in [2.45, 2.75) is 126 Å². The number of hydrogen-bond acceptors (Lipinski definition) is 2. The van der Waals surface area contributed by atoms with Crippen LogP contribution >= 0.6 is 0 Å². The predicted molar refractivity (Wildman–Crippen MR) is 246 cm³/mol. The lowest BCUT2D eigenvalue weighted by molar-refractivity contribution is -0.275. The quantitative estimate of drug-likeness (QED) is 0.0713. The Bertz CT molecular complexity index is 2350. The van der Waals surface area contributed by atoms with Gasteiger partial charge in [0.2, 0.25) is 0 Å². The number of alkyl halides is 6. The van der Waals surface area contributed by atoms with Crippen molar-refractivity contribution in [2.24, 2.45) is 0 Å². The molecule has 0 spiro atoms. The van der Waals surface area contributed by atoms with Crippen molar-refractivity contribution in [3.8, 4) is 56.0 Å². The summed E-state index contributed by atoms with van der Waals surface area (Å²) in [5, 5.41) is 0. The molecule has 0 atom stereocenters. The lowest BCUT2D eigenvalue weighted by atomic mass is 9.90. The molecule has 6 rings (SSSR count). The van der Waals surface area contributed by atoms with Crippen molar-refractivity contribution < 1.29 is 35.8 Å². The van der Waals surface area contributed by atoms with Crippen LogP contribution in [0.1, 0.15) is 101 Å². The van der Waals surface area contributed by atoms with E-state index in [1.165, 1.54) is 102 Å². The Kier molecular flexibility index (Phi) is 14.8. The van der Waals surface area contributed by atoms with E-state index in [1.807, 2.05) is 38.1 Å². The average molecular weight is 865 g/mol. The fraction of sp³-hybridized carbons (Fsp3) is 0.345. The zero-order valence-corrected chi connectivity index (χ0v) is 37.7. The minimum atomic E-state index is -4.72. The third-order valence-corrected chi connectivity index (χ3v) is 13.1. The molecule has 0 bridgehead atoms. The fourth-order valence-corrected chi connectivity index (χ4v) is 8.78. The molecule has 0 aliphatic carbocycles. The highest BCUT2D eigenvalue weighted by molar-refractivity contribution is 5.77. The molecule has 0 radical (unpaired) electrons. The van der Waals surface area contributed by atoms with E-state index in [4.69, 9.17) is 0 Å². The minimum absolute atomic E-state index is 0.170. The van der Waals surface area contributed by atoms with E-state index in [1.54, 1.807) is 26.0 Å². The van der Waals surface area contributed by atoms with Crippen molar-refractivity contribution in [3.63, 3.8) is 0 Å². The Hall–Kier alpha value is -5.50. The molecule has 63 heavy (non-hydrogen) atoms. The van der Waals surface area contributed by atoms with Crippen molar-refractivity contribution in [1.82, 2.24) is 0 Å². The van der Waals surface area contributed by atoms with Crippen molar-refractivity contribution in [3.05, 3.63) is 153 Å². The highest BCUT2D eigenvalue weighted by Gasteiger charge is 2.33. The summed E-state index contributed by atoms with van der Waals surface area (Å²) in [5.74, 6) is -0.340. The van der Waals surface area contributed by atoms with Crippen LogP contribution in [0.25, 0.3) is 44.5 Å². The standard InChI is InChI=1S/C55H58F6O2/c1-34-36(3)48(44-18-22-46(23-19-44)50-30-32-52(40(7)38(50)5)62-54(56,57)58)28-26-42(34)16-14-12-10-9-11-13-15-17-43-27-29-49(37(4)35(43)2)45-20-24-47(25-21-45)51-31-33-53(41(8)39(51)6)63-55(59,60)61/h18-33H,9-17H2,1-8H3. The number of halogens is 6. The second-order valence-corrected chi connectivity index (χ2v) is 17.0. The number of unbranched alkanes of at least 4 members (excludes halogenated alkanes) is 6. The van der Waals surface area contributed by atoms with Crippen LogP contribution in [0, 0.1) is 55.4 Å². The maximum Gasteiger partial charge on any atom is 0.573 e. The molecule has 6 aromatic rings. The third kappa shape index (κ3) is 11.6. The van der Waals surface area contributed by atoms with Gasteiger partial charge in [-0.15, -0.1) is 26.3 Å². The van der Waals surface area contributed by atoms with Gasteiger partial charge in [-0.1, -0.05) is 117 Å². The molecule has 0 aliphatic heterocycles. The molecule has 6 aromatic carbocycles. The van der Waals surface area contributed by atoms with Crippen molar-refractivity contribution in [1.29, 1.82) is 0 Å². The first-order chi connectivity index (χ1) is 29.8. The van der Waals surface area contributed by atoms with Gasteiger partial charge in [0, 0.05) is 0 Å². The van der Waals surface area contributed by atoms with Gasteiger partial charge in [-0.05, 0) is 193 Å². The highest BCUT2D eigenvalue weighted by atomic mass is 19.4. The van der Waals surface area contributed by atoms with Crippen LogP contribution < -0.4 is 9.47 Å². The molecule has 0 aliphatic rings. The molecule has 332 valence electrons. The van der Waals surface area contributed by atoms with E-state index >= 15 is 0 Å². The van der Waals surface area contributed by atoms with Gasteiger partial charge >= 0.3 is 12.7 Å². The average Bonchev–Trinajstić information content (AvgIpc) is 3.23. The zero-order chi connectivity index (χ0) is 45.6. The largest absolute Gasteiger partial charge is 0.573 e. The molecule has 0 fully saturated rings. The predicted octanol–water partition coefficient (Wildman–Crippen LogP) is 17.1. The van der Waals surface area contributed by atoms with Crippen LogP contribution in [0.3, 0.4) is 0 Å². The number of benzene rings is 6. The van der Waals surface area contributed by atoms with Gasteiger partial charge in [0.05, 0.1) is 0 Å². The van der Waals surface area contributed by atoms with Gasteiger partial charge in [-0.3, -0.25) is 0 Å². The fourth-order valence-electron chi connectivity index (χ4n) is 8.78. The summed E-state index contributed by atoms with van der Waals surface area (Å²) in [6.07, 6.45) is 1.17. The second kappa shape index (κ2) is 19.9. The summed E-state index contributed by atoms with van der Waals surface area (Å²) < 4.78 is 85.4. The van der Waals surface area contributed by atoms with Gasteiger partial charge in [-0.2, -0.15) is 0 Å². The Morgan fingerprint density at radius 3 is 0.841 bits per heavy atom. The summed E-state index contributed by atoms with van der Waals surface area (Å²) in [6.45, 7) is 15.7. The van der Waals surface area contributed by atoms with E-state index in [9.17, 15) is 26.3 Å². The van der Waals surface area contributed by atoms with Crippen LogP contribution in [-0.4, -0.2) is 12.7 Å². The maximum absolute atomic E-state index is 12.8. The first-order valence-electron chi connectivity index (χ1n) is 21.9. The summed E-state index contributed by atoms with van der Waals surface area (Å²) >= 11 is 0. The highest BCUT2D eigenvalue weighted by Crippen LogP contribution is 2.38.